The van der Waals surface area contributed by atoms with Gasteiger partial charge in [-0.1, -0.05) is 27.2 Å². The van der Waals surface area contributed by atoms with Gasteiger partial charge in [0.25, 0.3) is 0 Å². The standard InChI is InChI=1S/C16H25BrOS/c1-4-15(2,3)12-7-9-16(18,10-8-12)11-13-5-6-14(17)19-13/h5-6,12,18H,4,7-11H2,1-3H3. The molecule has 3 heteroatoms. The molecule has 1 fully saturated rings. The molecule has 19 heavy (non-hydrogen) atoms. The Morgan fingerprint density at radius 3 is 2.47 bits per heavy atom. The number of aliphatic hydroxyl groups is 1. The van der Waals surface area contributed by atoms with Crippen LogP contribution in [0.1, 0.15) is 57.8 Å². The summed E-state index contributed by atoms with van der Waals surface area (Å²) in [7, 11) is 0. The zero-order chi connectivity index (χ0) is 14.1. The predicted octanol–water partition coefficient (Wildman–Crippen LogP) is 5.41. The van der Waals surface area contributed by atoms with Crippen molar-refractivity contribution in [3.05, 3.63) is 20.8 Å². The first-order valence-corrected chi connectivity index (χ1v) is 8.92. The fraction of sp³-hybridized carbons (Fsp3) is 0.750. The number of thiophene rings is 1. The van der Waals surface area contributed by atoms with Crippen molar-refractivity contribution in [2.75, 3.05) is 0 Å². The van der Waals surface area contributed by atoms with E-state index in [4.69, 9.17) is 0 Å². The van der Waals surface area contributed by atoms with Crippen LogP contribution in [0.5, 0.6) is 0 Å². The topological polar surface area (TPSA) is 20.2 Å². The average Bonchev–Trinajstić information content (AvgIpc) is 2.74. The average molecular weight is 345 g/mol. The first-order chi connectivity index (χ1) is 8.85. The molecule has 0 bridgehead atoms. The van der Waals surface area contributed by atoms with Crippen LogP contribution in [0.4, 0.5) is 0 Å². The van der Waals surface area contributed by atoms with E-state index in [2.05, 4.69) is 48.8 Å². The molecule has 0 aromatic carbocycles. The molecule has 0 spiro atoms. The Kier molecular flexibility index (Phi) is 4.79. The fourth-order valence-electron chi connectivity index (χ4n) is 3.17. The van der Waals surface area contributed by atoms with Crippen LogP contribution in [-0.2, 0) is 6.42 Å². The molecule has 1 aromatic heterocycles. The monoisotopic (exact) mass is 344 g/mol. The molecule has 0 saturated heterocycles. The summed E-state index contributed by atoms with van der Waals surface area (Å²) in [6.45, 7) is 7.03. The number of rotatable bonds is 4. The van der Waals surface area contributed by atoms with Crippen molar-refractivity contribution in [2.24, 2.45) is 11.3 Å². The lowest BCUT2D eigenvalue weighted by Gasteiger charge is -2.42. The third kappa shape index (κ3) is 3.83. The van der Waals surface area contributed by atoms with E-state index in [1.807, 2.05) is 0 Å². The van der Waals surface area contributed by atoms with Gasteiger partial charge < -0.3 is 5.11 Å². The van der Waals surface area contributed by atoms with Crippen molar-refractivity contribution >= 4 is 27.3 Å². The zero-order valence-electron chi connectivity index (χ0n) is 12.2. The molecule has 0 unspecified atom stereocenters. The highest BCUT2D eigenvalue weighted by molar-refractivity contribution is 9.11. The van der Waals surface area contributed by atoms with Gasteiger partial charge >= 0.3 is 0 Å². The van der Waals surface area contributed by atoms with Crippen molar-refractivity contribution < 1.29 is 5.11 Å². The van der Waals surface area contributed by atoms with Crippen molar-refractivity contribution in [3.8, 4) is 0 Å². The minimum absolute atomic E-state index is 0.424. The van der Waals surface area contributed by atoms with Crippen molar-refractivity contribution in [2.45, 2.75) is 64.9 Å². The molecule has 1 saturated carbocycles. The van der Waals surface area contributed by atoms with E-state index in [-0.39, 0.29) is 0 Å². The molecule has 108 valence electrons. The number of hydrogen-bond acceptors (Lipinski definition) is 2. The van der Waals surface area contributed by atoms with Crippen LogP contribution in [0.15, 0.2) is 15.9 Å². The molecular weight excluding hydrogens is 320 g/mol. The highest BCUT2D eigenvalue weighted by Crippen LogP contribution is 2.44. The Bertz CT molecular complexity index is 416. The zero-order valence-corrected chi connectivity index (χ0v) is 14.6. The number of hydrogen-bond donors (Lipinski definition) is 1. The minimum Gasteiger partial charge on any atom is -0.390 e. The van der Waals surface area contributed by atoms with Crippen molar-refractivity contribution in [1.82, 2.24) is 0 Å². The van der Waals surface area contributed by atoms with Crippen LogP contribution in [0, 0.1) is 11.3 Å². The lowest BCUT2D eigenvalue weighted by Crippen LogP contribution is -2.39. The van der Waals surface area contributed by atoms with Crippen molar-refractivity contribution in [3.63, 3.8) is 0 Å². The quantitative estimate of drug-likeness (QED) is 0.773. The second-order valence-corrected chi connectivity index (χ2v) is 9.27. The lowest BCUT2D eigenvalue weighted by molar-refractivity contribution is -0.0270. The summed E-state index contributed by atoms with van der Waals surface area (Å²) in [4.78, 5) is 1.29. The van der Waals surface area contributed by atoms with Gasteiger partial charge in [-0.2, -0.15) is 0 Å². The van der Waals surface area contributed by atoms with E-state index in [0.29, 0.717) is 5.41 Å². The maximum atomic E-state index is 10.8. The molecule has 0 radical (unpaired) electrons. The first-order valence-electron chi connectivity index (χ1n) is 7.31. The lowest BCUT2D eigenvalue weighted by atomic mass is 9.66. The molecule has 1 nitrogen and oxygen atoms in total. The minimum atomic E-state index is -0.468. The van der Waals surface area contributed by atoms with Gasteiger partial charge in [0.05, 0.1) is 9.39 Å². The van der Waals surface area contributed by atoms with E-state index in [1.165, 1.54) is 24.1 Å². The van der Waals surface area contributed by atoms with Crippen LogP contribution in [0.3, 0.4) is 0 Å². The molecule has 2 rings (SSSR count). The van der Waals surface area contributed by atoms with Gasteiger partial charge in [0.2, 0.25) is 0 Å². The van der Waals surface area contributed by atoms with Crippen LogP contribution in [0.25, 0.3) is 0 Å². The normalized spacial score (nSPS) is 28.6. The second-order valence-electron chi connectivity index (χ2n) is 6.72. The largest absolute Gasteiger partial charge is 0.390 e. The summed E-state index contributed by atoms with van der Waals surface area (Å²) in [5.74, 6) is 0.771. The van der Waals surface area contributed by atoms with Gasteiger partial charge in [0.1, 0.15) is 0 Å². The van der Waals surface area contributed by atoms with Crippen LogP contribution in [-0.4, -0.2) is 10.7 Å². The Labute approximate surface area is 129 Å². The number of halogens is 1. The Balaban J connectivity index is 1.94. The molecule has 1 aromatic rings. The predicted molar refractivity (Wildman–Crippen MR) is 86.7 cm³/mol. The Morgan fingerprint density at radius 2 is 2.00 bits per heavy atom. The van der Waals surface area contributed by atoms with E-state index in [1.54, 1.807) is 11.3 Å². The summed E-state index contributed by atoms with van der Waals surface area (Å²) in [5, 5.41) is 10.8. The molecule has 0 atom stereocenters. The SMILES string of the molecule is CCC(C)(C)C1CCC(O)(Cc2ccc(Br)s2)CC1. The maximum absolute atomic E-state index is 10.8. The van der Waals surface area contributed by atoms with E-state index in [9.17, 15) is 5.11 Å². The smallest absolute Gasteiger partial charge is 0.0701 e. The van der Waals surface area contributed by atoms with Crippen LogP contribution >= 0.6 is 27.3 Å². The highest BCUT2D eigenvalue weighted by atomic mass is 79.9. The molecule has 1 aliphatic carbocycles. The fourth-order valence-corrected chi connectivity index (χ4v) is 4.79. The highest BCUT2D eigenvalue weighted by Gasteiger charge is 2.38. The molecule has 1 aliphatic rings. The van der Waals surface area contributed by atoms with Crippen molar-refractivity contribution in [1.29, 1.82) is 0 Å². The molecule has 0 amide bonds. The summed E-state index contributed by atoms with van der Waals surface area (Å²) >= 11 is 5.24. The third-order valence-corrected chi connectivity index (χ3v) is 6.69. The Hall–Kier alpha value is 0.140. The van der Waals surface area contributed by atoms with Crippen LogP contribution < -0.4 is 0 Å². The Morgan fingerprint density at radius 1 is 1.37 bits per heavy atom. The summed E-state index contributed by atoms with van der Waals surface area (Å²) in [6.07, 6.45) is 6.30. The summed E-state index contributed by atoms with van der Waals surface area (Å²) < 4.78 is 1.16. The summed E-state index contributed by atoms with van der Waals surface area (Å²) in [5.41, 5.74) is -0.0437. The first kappa shape index (κ1) is 15.5. The van der Waals surface area contributed by atoms with Gasteiger partial charge in [-0.3, -0.25) is 0 Å². The van der Waals surface area contributed by atoms with Gasteiger partial charge in [0.15, 0.2) is 0 Å². The van der Waals surface area contributed by atoms with Gasteiger partial charge in [0, 0.05) is 11.3 Å². The van der Waals surface area contributed by atoms with E-state index in [0.717, 1.165) is 29.0 Å². The second kappa shape index (κ2) is 5.87. The molecule has 1 heterocycles. The van der Waals surface area contributed by atoms with Crippen LogP contribution in [0.2, 0.25) is 0 Å². The summed E-state index contributed by atoms with van der Waals surface area (Å²) in [6, 6.07) is 4.21. The van der Waals surface area contributed by atoms with Gasteiger partial charge in [-0.15, -0.1) is 11.3 Å². The maximum Gasteiger partial charge on any atom is 0.0701 e. The van der Waals surface area contributed by atoms with Gasteiger partial charge in [-0.05, 0) is 65.1 Å². The van der Waals surface area contributed by atoms with E-state index < -0.39 is 5.60 Å². The molecule has 1 N–H and O–H groups in total. The molecule has 0 aliphatic heterocycles. The third-order valence-electron chi connectivity index (χ3n) is 5.06. The van der Waals surface area contributed by atoms with E-state index >= 15 is 0 Å². The molecular formula is C16H25BrOS. The van der Waals surface area contributed by atoms with Gasteiger partial charge in [-0.25, -0.2) is 0 Å².